The van der Waals surface area contributed by atoms with E-state index in [1.54, 1.807) is 66.9 Å². The smallest absolute Gasteiger partial charge is 0.414 e. The Kier molecular flexibility index (Phi) is 5.94. The van der Waals surface area contributed by atoms with Crippen molar-refractivity contribution in [3.8, 4) is 0 Å². The average molecular weight is 481 g/mol. The predicted octanol–water partition coefficient (Wildman–Crippen LogP) is 4.31. The number of benzene rings is 2. The lowest BCUT2D eigenvalue weighted by atomic mass is 10.1. The van der Waals surface area contributed by atoms with Crippen LogP contribution in [0.5, 0.6) is 0 Å². The number of aromatic nitrogens is 1. The number of hydrogen-bond donors (Lipinski definition) is 2. The highest BCUT2D eigenvalue weighted by atomic mass is 79.9. The number of nitrogens with one attached hydrogen (secondary N) is 2. The van der Waals surface area contributed by atoms with Crippen molar-refractivity contribution < 1.29 is 19.1 Å². The fourth-order valence-electron chi connectivity index (χ4n) is 3.00. The number of nitrogens with zero attached hydrogens (tertiary/aromatic N) is 2. The minimum absolute atomic E-state index is 0.331. The highest BCUT2D eigenvalue weighted by molar-refractivity contribution is 9.10. The Morgan fingerprint density at radius 3 is 2.42 bits per heavy atom. The molecule has 0 saturated carbocycles. The fraction of sp³-hybridized carbons (Fsp3) is 0.0909. The second-order valence-corrected chi connectivity index (χ2v) is 7.58. The number of anilines is 3. The van der Waals surface area contributed by atoms with Gasteiger partial charge < -0.3 is 15.4 Å². The van der Waals surface area contributed by atoms with Gasteiger partial charge in [-0.25, -0.2) is 9.78 Å². The number of amides is 3. The molecular weight excluding hydrogens is 464 g/mol. The van der Waals surface area contributed by atoms with Crippen LogP contribution in [0.1, 0.15) is 20.7 Å². The number of carbonyl (C=O) groups excluding carboxylic acids is 3. The minimum Gasteiger partial charge on any atom is -0.447 e. The maximum Gasteiger partial charge on any atom is 0.414 e. The molecule has 4 rings (SSSR count). The number of pyridine rings is 1. The van der Waals surface area contributed by atoms with Gasteiger partial charge >= 0.3 is 6.09 Å². The summed E-state index contributed by atoms with van der Waals surface area (Å²) in [7, 11) is 0. The largest absolute Gasteiger partial charge is 0.447 e. The molecular formula is C22H17BrN4O4. The molecule has 156 valence electrons. The first-order valence-corrected chi connectivity index (χ1v) is 10.2. The van der Waals surface area contributed by atoms with Crippen molar-refractivity contribution >= 4 is 51.0 Å². The zero-order valence-electron chi connectivity index (χ0n) is 16.2. The lowest BCUT2D eigenvalue weighted by Gasteiger charge is -2.13. The number of rotatable bonds is 5. The second kappa shape index (κ2) is 8.97. The zero-order chi connectivity index (χ0) is 21.8. The highest BCUT2D eigenvalue weighted by Crippen LogP contribution is 2.20. The van der Waals surface area contributed by atoms with E-state index < -0.39 is 6.09 Å². The molecule has 1 aliphatic heterocycles. The molecule has 2 N–H and O–H groups in total. The summed E-state index contributed by atoms with van der Waals surface area (Å²) in [6.07, 6.45) is 1.19. The summed E-state index contributed by atoms with van der Waals surface area (Å²) in [6.45, 7) is 0.831. The fourth-order valence-corrected chi connectivity index (χ4v) is 3.23. The third kappa shape index (κ3) is 4.89. The van der Waals surface area contributed by atoms with E-state index in [2.05, 4.69) is 31.5 Å². The van der Waals surface area contributed by atoms with Gasteiger partial charge in [-0.05, 0) is 70.5 Å². The molecule has 1 aromatic heterocycles. The van der Waals surface area contributed by atoms with Gasteiger partial charge in [0, 0.05) is 33.2 Å². The van der Waals surface area contributed by atoms with Crippen LogP contribution in [0.3, 0.4) is 0 Å². The Hall–Kier alpha value is -3.72. The molecule has 1 saturated heterocycles. The van der Waals surface area contributed by atoms with Crippen molar-refractivity contribution in [1.29, 1.82) is 0 Å². The van der Waals surface area contributed by atoms with Crippen LogP contribution in [0.4, 0.5) is 22.0 Å². The molecule has 1 aliphatic rings. The topological polar surface area (TPSA) is 101 Å². The van der Waals surface area contributed by atoms with Crippen LogP contribution in [-0.2, 0) is 4.74 Å². The molecule has 9 heteroatoms. The van der Waals surface area contributed by atoms with Crippen molar-refractivity contribution in [2.75, 3.05) is 28.7 Å². The van der Waals surface area contributed by atoms with E-state index in [9.17, 15) is 14.4 Å². The molecule has 8 nitrogen and oxygen atoms in total. The Morgan fingerprint density at radius 1 is 0.968 bits per heavy atom. The van der Waals surface area contributed by atoms with Crippen molar-refractivity contribution in [2.24, 2.45) is 0 Å². The Morgan fingerprint density at radius 2 is 1.74 bits per heavy atom. The van der Waals surface area contributed by atoms with E-state index >= 15 is 0 Å². The third-order valence-electron chi connectivity index (χ3n) is 4.55. The third-order valence-corrected chi connectivity index (χ3v) is 5.02. The van der Waals surface area contributed by atoms with Crippen LogP contribution in [0.15, 0.2) is 71.3 Å². The molecule has 3 aromatic rings. The van der Waals surface area contributed by atoms with Gasteiger partial charge in [0.1, 0.15) is 12.4 Å². The first-order valence-electron chi connectivity index (χ1n) is 9.38. The van der Waals surface area contributed by atoms with E-state index in [-0.39, 0.29) is 11.8 Å². The summed E-state index contributed by atoms with van der Waals surface area (Å²) in [4.78, 5) is 42.3. The SMILES string of the molecule is O=C(Nc1cccc(C(=O)Nc2ccc(Br)cn2)c1)c1ccc(N2CCOC2=O)cc1. The van der Waals surface area contributed by atoms with Crippen LogP contribution in [0, 0.1) is 0 Å². The van der Waals surface area contributed by atoms with Crippen LogP contribution >= 0.6 is 15.9 Å². The molecule has 2 aromatic carbocycles. The quantitative estimate of drug-likeness (QED) is 0.566. The van der Waals surface area contributed by atoms with E-state index in [0.29, 0.717) is 41.5 Å². The van der Waals surface area contributed by atoms with Crippen molar-refractivity contribution in [3.63, 3.8) is 0 Å². The van der Waals surface area contributed by atoms with E-state index in [0.717, 1.165) is 4.47 Å². The normalized spacial score (nSPS) is 12.9. The number of cyclic esters (lactones) is 1. The summed E-state index contributed by atoms with van der Waals surface area (Å²) in [6, 6.07) is 16.7. The maximum absolute atomic E-state index is 12.6. The molecule has 2 heterocycles. The monoisotopic (exact) mass is 480 g/mol. The maximum atomic E-state index is 12.6. The number of hydrogen-bond acceptors (Lipinski definition) is 5. The van der Waals surface area contributed by atoms with Gasteiger partial charge in [-0.15, -0.1) is 0 Å². The Labute approximate surface area is 186 Å². The zero-order valence-corrected chi connectivity index (χ0v) is 17.8. The molecule has 0 bridgehead atoms. The van der Waals surface area contributed by atoms with Crippen LogP contribution < -0.4 is 15.5 Å². The molecule has 3 amide bonds. The molecule has 0 spiro atoms. The van der Waals surface area contributed by atoms with Crippen LogP contribution in [0.2, 0.25) is 0 Å². The molecule has 31 heavy (non-hydrogen) atoms. The van der Waals surface area contributed by atoms with Gasteiger partial charge in [-0.1, -0.05) is 6.07 Å². The molecule has 0 unspecified atom stereocenters. The second-order valence-electron chi connectivity index (χ2n) is 6.66. The summed E-state index contributed by atoms with van der Waals surface area (Å²) in [5.41, 5.74) is 1.95. The van der Waals surface area contributed by atoms with Crippen molar-refractivity contribution in [2.45, 2.75) is 0 Å². The lowest BCUT2D eigenvalue weighted by Crippen LogP contribution is -2.23. The summed E-state index contributed by atoms with van der Waals surface area (Å²) >= 11 is 3.29. The summed E-state index contributed by atoms with van der Waals surface area (Å²) < 4.78 is 5.73. The first kappa shape index (κ1) is 20.5. The van der Waals surface area contributed by atoms with Gasteiger partial charge in [0.25, 0.3) is 11.8 Å². The van der Waals surface area contributed by atoms with E-state index in [1.165, 1.54) is 4.90 Å². The van der Waals surface area contributed by atoms with E-state index in [4.69, 9.17) is 4.74 Å². The van der Waals surface area contributed by atoms with Gasteiger partial charge in [0.05, 0.1) is 6.54 Å². The number of ether oxygens (including phenoxy) is 1. The first-order chi connectivity index (χ1) is 15.0. The average Bonchev–Trinajstić information content (AvgIpc) is 3.21. The van der Waals surface area contributed by atoms with Gasteiger partial charge in [0.2, 0.25) is 0 Å². The van der Waals surface area contributed by atoms with Gasteiger partial charge in [0.15, 0.2) is 0 Å². The highest BCUT2D eigenvalue weighted by Gasteiger charge is 2.23. The lowest BCUT2D eigenvalue weighted by molar-refractivity contribution is 0.101. The molecule has 0 atom stereocenters. The van der Waals surface area contributed by atoms with Crippen LogP contribution in [-0.4, -0.2) is 36.0 Å². The van der Waals surface area contributed by atoms with Crippen LogP contribution in [0.25, 0.3) is 0 Å². The Bertz CT molecular complexity index is 1130. The minimum atomic E-state index is -0.398. The standard InChI is InChI=1S/C22H17BrN4O4/c23-16-6-9-19(24-13-16)26-21(29)15-2-1-3-17(12-15)25-20(28)14-4-7-18(8-5-14)27-10-11-31-22(27)30/h1-9,12-13H,10-11H2,(H,25,28)(H,24,26,29). The predicted molar refractivity (Wildman–Crippen MR) is 119 cm³/mol. The van der Waals surface area contributed by atoms with E-state index in [1.807, 2.05) is 0 Å². The number of halogens is 1. The molecule has 0 aliphatic carbocycles. The van der Waals surface area contributed by atoms with Crippen molar-refractivity contribution in [1.82, 2.24) is 4.98 Å². The van der Waals surface area contributed by atoms with Gasteiger partial charge in [-0.3, -0.25) is 14.5 Å². The van der Waals surface area contributed by atoms with Crippen molar-refractivity contribution in [3.05, 3.63) is 82.5 Å². The summed E-state index contributed by atoms with van der Waals surface area (Å²) in [5, 5.41) is 5.48. The Balaban J connectivity index is 1.42. The molecule has 0 radical (unpaired) electrons. The molecule has 1 fully saturated rings. The van der Waals surface area contributed by atoms with Gasteiger partial charge in [-0.2, -0.15) is 0 Å². The number of carbonyl (C=O) groups is 3. The summed E-state index contributed by atoms with van der Waals surface area (Å²) in [5.74, 6) is -0.250.